The number of hydrogen-bond acceptors (Lipinski definition) is 5. The minimum atomic E-state index is -4.04. The van der Waals surface area contributed by atoms with E-state index in [2.05, 4.69) is 10.0 Å². The van der Waals surface area contributed by atoms with E-state index < -0.39 is 27.7 Å². The number of rotatable bonds is 7. The molecule has 1 unspecified atom stereocenters. The van der Waals surface area contributed by atoms with Gasteiger partial charge in [0.25, 0.3) is 0 Å². The monoisotopic (exact) mass is 445 g/mol. The summed E-state index contributed by atoms with van der Waals surface area (Å²) in [5.74, 6) is -0.940. The molecule has 0 saturated heterocycles. The molecule has 166 valence electrons. The van der Waals surface area contributed by atoms with Crippen LogP contribution in [0.15, 0.2) is 50.5 Å². The van der Waals surface area contributed by atoms with Crippen LogP contribution in [0.5, 0.6) is 0 Å². The molecule has 0 bridgehead atoms. The molecular formula is C22H27N3O5S. The summed E-state index contributed by atoms with van der Waals surface area (Å²) in [5.41, 5.74) is 3.25. The van der Waals surface area contributed by atoms with Crippen LogP contribution in [0.3, 0.4) is 0 Å². The van der Waals surface area contributed by atoms with Gasteiger partial charge in [-0.3, -0.25) is 9.36 Å². The Bertz CT molecular complexity index is 1270. The van der Waals surface area contributed by atoms with Gasteiger partial charge in [0.15, 0.2) is 5.58 Å². The molecular weight excluding hydrogens is 418 g/mol. The lowest BCUT2D eigenvalue weighted by Crippen LogP contribution is -2.44. The van der Waals surface area contributed by atoms with Crippen molar-refractivity contribution in [1.29, 1.82) is 0 Å². The van der Waals surface area contributed by atoms with Crippen molar-refractivity contribution in [3.8, 4) is 0 Å². The lowest BCUT2D eigenvalue weighted by atomic mass is 10.0. The summed E-state index contributed by atoms with van der Waals surface area (Å²) in [6, 6.07) is 8.85. The van der Waals surface area contributed by atoms with Crippen LogP contribution in [-0.4, -0.2) is 24.9 Å². The van der Waals surface area contributed by atoms with Crippen molar-refractivity contribution >= 4 is 32.7 Å². The largest absolute Gasteiger partial charge is 0.419 e. The van der Waals surface area contributed by atoms with Crippen LogP contribution in [0, 0.1) is 19.8 Å². The van der Waals surface area contributed by atoms with Gasteiger partial charge in [-0.05, 0) is 61.6 Å². The highest BCUT2D eigenvalue weighted by molar-refractivity contribution is 7.89. The summed E-state index contributed by atoms with van der Waals surface area (Å²) < 4.78 is 34.9. The molecule has 31 heavy (non-hydrogen) atoms. The summed E-state index contributed by atoms with van der Waals surface area (Å²) in [4.78, 5) is 24.5. The van der Waals surface area contributed by atoms with E-state index in [9.17, 15) is 18.0 Å². The van der Waals surface area contributed by atoms with Crippen molar-refractivity contribution in [2.24, 2.45) is 13.0 Å². The fourth-order valence-corrected chi connectivity index (χ4v) is 4.72. The van der Waals surface area contributed by atoms with E-state index in [0.29, 0.717) is 17.6 Å². The number of aryl methyl sites for hydroxylation is 3. The maximum absolute atomic E-state index is 13.0. The molecule has 1 aromatic heterocycles. The Hall–Kier alpha value is -2.91. The summed E-state index contributed by atoms with van der Waals surface area (Å²) in [7, 11) is -2.50. The first-order valence-corrected chi connectivity index (χ1v) is 11.5. The third-order valence-electron chi connectivity index (χ3n) is 4.88. The van der Waals surface area contributed by atoms with E-state index in [4.69, 9.17) is 4.42 Å². The Morgan fingerprint density at radius 1 is 1.10 bits per heavy atom. The lowest BCUT2D eigenvalue weighted by Gasteiger charge is -2.20. The van der Waals surface area contributed by atoms with E-state index in [1.54, 1.807) is 0 Å². The summed E-state index contributed by atoms with van der Waals surface area (Å²) >= 11 is 0. The van der Waals surface area contributed by atoms with Crippen molar-refractivity contribution in [3.05, 3.63) is 58.1 Å². The van der Waals surface area contributed by atoms with Crippen LogP contribution in [0.1, 0.15) is 31.4 Å². The van der Waals surface area contributed by atoms with Crippen molar-refractivity contribution in [3.63, 3.8) is 0 Å². The summed E-state index contributed by atoms with van der Waals surface area (Å²) in [6.07, 6.45) is 0.318. The number of carbonyl (C=O) groups is 1. The second-order valence-electron chi connectivity index (χ2n) is 8.23. The van der Waals surface area contributed by atoms with Crippen LogP contribution in [0.2, 0.25) is 0 Å². The molecule has 0 aliphatic heterocycles. The third kappa shape index (κ3) is 5.23. The second-order valence-corrected chi connectivity index (χ2v) is 9.94. The van der Waals surface area contributed by atoms with Crippen molar-refractivity contribution in [1.82, 2.24) is 9.29 Å². The smallest absolute Gasteiger partial charge is 0.408 e. The average molecular weight is 446 g/mol. The van der Waals surface area contributed by atoms with Crippen LogP contribution in [-0.2, 0) is 21.9 Å². The normalized spacial score (nSPS) is 13.0. The Kier molecular flexibility index (Phi) is 6.38. The number of carbonyl (C=O) groups excluding carboxylic acids is 1. The van der Waals surface area contributed by atoms with Crippen molar-refractivity contribution in [2.75, 3.05) is 5.32 Å². The van der Waals surface area contributed by atoms with Gasteiger partial charge in [0.2, 0.25) is 15.9 Å². The number of amides is 1. The number of fused-ring (bicyclic) bond motifs is 1. The molecule has 8 nitrogen and oxygen atoms in total. The van der Waals surface area contributed by atoms with Crippen LogP contribution >= 0.6 is 0 Å². The van der Waals surface area contributed by atoms with Crippen molar-refractivity contribution < 1.29 is 17.6 Å². The Balaban J connectivity index is 1.88. The fourth-order valence-electron chi connectivity index (χ4n) is 3.49. The average Bonchev–Trinajstić information content (AvgIpc) is 2.93. The van der Waals surface area contributed by atoms with Gasteiger partial charge in [0, 0.05) is 18.8 Å². The van der Waals surface area contributed by atoms with Crippen LogP contribution < -0.4 is 15.8 Å². The minimum absolute atomic E-state index is 0.0762. The first-order valence-electron chi connectivity index (χ1n) is 9.97. The predicted octanol–water partition coefficient (Wildman–Crippen LogP) is 3.08. The van der Waals surface area contributed by atoms with E-state index >= 15 is 0 Å². The number of anilines is 1. The van der Waals surface area contributed by atoms with Gasteiger partial charge < -0.3 is 9.73 Å². The first kappa shape index (κ1) is 22.8. The first-order chi connectivity index (χ1) is 14.5. The molecule has 0 radical (unpaired) electrons. The van der Waals surface area contributed by atoms with E-state index in [1.165, 1.54) is 29.8 Å². The van der Waals surface area contributed by atoms with E-state index in [1.807, 2.05) is 45.9 Å². The number of nitrogens with zero attached hydrogens (tertiary/aromatic N) is 1. The highest BCUT2D eigenvalue weighted by Crippen LogP contribution is 2.20. The number of benzene rings is 2. The Morgan fingerprint density at radius 2 is 1.74 bits per heavy atom. The molecule has 1 atom stereocenters. The molecule has 0 spiro atoms. The number of hydrogen-bond donors (Lipinski definition) is 2. The molecule has 0 aliphatic carbocycles. The van der Waals surface area contributed by atoms with Gasteiger partial charge in [0.05, 0.1) is 10.4 Å². The van der Waals surface area contributed by atoms with Gasteiger partial charge in [-0.15, -0.1) is 0 Å². The maximum atomic E-state index is 13.0. The van der Waals surface area contributed by atoms with Gasteiger partial charge in [0.1, 0.15) is 6.04 Å². The molecule has 1 amide bonds. The molecule has 0 fully saturated rings. The quantitative estimate of drug-likeness (QED) is 0.581. The molecule has 1 heterocycles. The third-order valence-corrected chi connectivity index (χ3v) is 6.35. The van der Waals surface area contributed by atoms with E-state index in [0.717, 1.165) is 11.1 Å². The highest BCUT2D eigenvalue weighted by Gasteiger charge is 2.27. The van der Waals surface area contributed by atoms with Gasteiger partial charge in [-0.2, -0.15) is 4.72 Å². The molecule has 0 aliphatic rings. The van der Waals surface area contributed by atoms with Crippen molar-refractivity contribution in [2.45, 2.75) is 45.1 Å². The zero-order valence-electron chi connectivity index (χ0n) is 18.2. The molecule has 0 saturated carbocycles. The SMILES string of the molecule is Cc1cc(C)cc(NC(=O)C(CC(C)C)NS(=O)(=O)c2ccc3c(c2)oc(=O)n3C)c1. The Morgan fingerprint density at radius 3 is 2.35 bits per heavy atom. The van der Waals surface area contributed by atoms with Gasteiger partial charge >= 0.3 is 5.76 Å². The predicted molar refractivity (Wildman–Crippen MR) is 120 cm³/mol. The molecule has 9 heteroatoms. The van der Waals surface area contributed by atoms with Gasteiger partial charge in [-0.25, -0.2) is 13.2 Å². The standard InChI is InChI=1S/C22H27N3O5S/c1-13(2)8-18(21(26)23-16-10-14(3)9-15(4)11-16)24-31(28,29)17-6-7-19-20(12-17)30-22(27)25(19)5/h6-7,9-13,18,24H,8H2,1-5H3,(H,23,26). The van der Waals surface area contributed by atoms with Gasteiger partial charge in [-0.1, -0.05) is 19.9 Å². The molecule has 3 rings (SSSR count). The topological polar surface area (TPSA) is 110 Å². The fraction of sp³-hybridized carbons (Fsp3) is 0.364. The Labute approximate surface area is 181 Å². The molecule has 3 aromatic rings. The number of nitrogens with one attached hydrogen (secondary N) is 2. The number of aromatic nitrogens is 1. The second kappa shape index (κ2) is 8.68. The summed E-state index contributed by atoms with van der Waals surface area (Å²) in [5, 5.41) is 2.81. The van der Waals surface area contributed by atoms with Crippen LogP contribution in [0.4, 0.5) is 5.69 Å². The zero-order chi connectivity index (χ0) is 22.9. The van der Waals surface area contributed by atoms with E-state index in [-0.39, 0.29) is 16.4 Å². The molecule has 2 aromatic carbocycles. The number of sulfonamides is 1. The number of oxazole rings is 1. The maximum Gasteiger partial charge on any atom is 0.419 e. The minimum Gasteiger partial charge on any atom is -0.408 e. The molecule has 2 N–H and O–H groups in total. The lowest BCUT2D eigenvalue weighted by molar-refractivity contribution is -0.118. The highest BCUT2D eigenvalue weighted by atomic mass is 32.2. The zero-order valence-corrected chi connectivity index (χ0v) is 19.0. The summed E-state index contributed by atoms with van der Waals surface area (Å²) in [6.45, 7) is 7.68. The van der Waals surface area contributed by atoms with Crippen LogP contribution in [0.25, 0.3) is 11.1 Å².